The van der Waals surface area contributed by atoms with Crippen molar-refractivity contribution in [1.82, 2.24) is 9.80 Å². The van der Waals surface area contributed by atoms with Crippen molar-refractivity contribution in [1.29, 1.82) is 0 Å². The standard InChI is InChI=1S/C12H24N2O2/c1-11(2)10-14-8-6-13(7-9-14)5-4-12(15)16-3/h11H,4-10H2,1-3H3. The number of hydrogen-bond acceptors (Lipinski definition) is 4. The lowest BCUT2D eigenvalue weighted by Crippen LogP contribution is -2.47. The van der Waals surface area contributed by atoms with Crippen molar-refractivity contribution in [2.45, 2.75) is 20.3 Å². The minimum atomic E-state index is -0.107. The Labute approximate surface area is 98.5 Å². The second-order valence-corrected chi connectivity index (χ2v) is 4.86. The van der Waals surface area contributed by atoms with Crippen LogP contribution in [-0.4, -0.2) is 62.1 Å². The van der Waals surface area contributed by atoms with Crippen molar-refractivity contribution < 1.29 is 9.53 Å². The van der Waals surface area contributed by atoms with Crippen molar-refractivity contribution in [3.05, 3.63) is 0 Å². The molecule has 0 aromatic rings. The fourth-order valence-corrected chi connectivity index (χ4v) is 2.06. The summed E-state index contributed by atoms with van der Waals surface area (Å²) in [5, 5.41) is 0. The third-order valence-corrected chi connectivity index (χ3v) is 2.95. The van der Waals surface area contributed by atoms with Crippen LogP contribution in [0.3, 0.4) is 0 Å². The first-order valence-corrected chi connectivity index (χ1v) is 6.13. The molecule has 0 spiro atoms. The summed E-state index contributed by atoms with van der Waals surface area (Å²) >= 11 is 0. The smallest absolute Gasteiger partial charge is 0.306 e. The summed E-state index contributed by atoms with van der Waals surface area (Å²) in [5.41, 5.74) is 0. The van der Waals surface area contributed by atoms with E-state index in [1.165, 1.54) is 13.7 Å². The van der Waals surface area contributed by atoms with Crippen LogP contribution in [-0.2, 0) is 9.53 Å². The molecule has 1 aliphatic rings. The summed E-state index contributed by atoms with van der Waals surface area (Å²) < 4.78 is 4.64. The van der Waals surface area contributed by atoms with Gasteiger partial charge >= 0.3 is 5.97 Å². The highest BCUT2D eigenvalue weighted by Gasteiger charge is 2.17. The van der Waals surface area contributed by atoms with Crippen LogP contribution in [0.4, 0.5) is 0 Å². The zero-order chi connectivity index (χ0) is 12.0. The number of carbonyl (C=O) groups excluding carboxylic acids is 1. The maximum atomic E-state index is 11.0. The van der Waals surface area contributed by atoms with E-state index >= 15 is 0 Å². The van der Waals surface area contributed by atoms with Crippen molar-refractivity contribution in [2.24, 2.45) is 5.92 Å². The average Bonchev–Trinajstić information content (AvgIpc) is 2.27. The first kappa shape index (κ1) is 13.5. The van der Waals surface area contributed by atoms with Crippen LogP contribution in [0.5, 0.6) is 0 Å². The van der Waals surface area contributed by atoms with E-state index in [1.807, 2.05) is 0 Å². The van der Waals surface area contributed by atoms with Crippen LogP contribution >= 0.6 is 0 Å². The first-order chi connectivity index (χ1) is 7.61. The molecule has 0 atom stereocenters. The summed E-state index contributed by atoms with van der Waals surface area (Å²) in [5.74, 6) is 0.631. The molecule has 0 amide bonds. The summed E-state index contributed by atoms with van der Waals surface area (Å²) in [7, 11) is 1.45. The van der Waals surface area contributed by atoms with Gasteiger partial charge in [0, 0.05) is 39.3 Å². The molecule has 0 aromatic carbocycles. The zero-order valence-corrected chi connectivity index (χ0v) is 10.7. The molecule has 0 bridgehead atoms. The third kappa shape index (κ3) is 4.94. The Kier molecular flexibility index (Phi) is 5.77. The van der Waals surface area contributed by atoms with Gasteiger partial charge in [-0.1, -0.05) is 13.8 Å². The quantitative estimate of drug-likeness (QED) is 0.652. The van der Waals surface area contributed by atoms with Crippen LogP contribution in [0.1, 0.15) is 20.3 Å². The predicted molar refractivity (Wildman–Crippen MR) is 64.4 cm³/mol. The van der Waals surface area contributed by atoms with Crippen molar-refractivity contribution in [3.63, 3.8) is 0 Å². The Balaban J connectivity index is 2.14. The van der Waals surface area contributed by atoms with Crippen LogP contribution in [0.25, 0.3) is 0 Å². The van der Waals surface area contributed by atoms with Gasteiger partial charge in [0.2, 0.25) is 0 Å². The number of rotatable bonds is 5. The van der Waals surface area contributed by atoms with Gasteiger partial charge in [-0.25, -0.2) is 0 Å². The normalized spacial score (nSPS) is 19.0. The van der Waals surface area contributed by atoms with Crippen LogP contribution in [0.2, 0.25) is 0 Å². The molecule has 4 heteroatoms. The summed E-state index contributed by atoms with van der Waals surface area (Å²) in [4.78, 5) is 15.8. The van der Waals surface area contributed by atoms with Crippen LogP contribution in [0.15, 0.2) is 0 Å². The third-order valence-electron chi connectivity index (χ3n) is 2.95. The van der Waals surface area contributed by atoms with E-state index in [2.05, 4.69) is 28.4 Å². The number of nitrogens with zero attached hydrogens (tertiary/aromatic N) is 2. The Hall–Kier alpha value is -0.610. The molecule has 0 N–H and O–H groups in total. The van der Waals surface area contributed by atoms with E-state index < -0.39 is 0 Å². The lowest BCUT2D eigenvalue weighted by Gasteiger charge is -2.35. The molecular weight excluding hydrogens is 204 g/mol. The Bertz CT molecular complexity index is 211. The van der Waals surface area contributed by atoms with E-state index in [-0.39, 0.29) is 5.97 Å². The van der Waals surface area contributed by atoms with E-state index in [0.717, 1.165) is 38.6 Å². The topological polar surface area (TPSA) is 32.8 Å². The molecule has 16 heavy (non-hydrogen) atoms. The van der Waals surface area contributed by atoms with Gasteiger partial charge < -0.3 is 14.5 Å². The molecule has 1 rings (SSSR count). The second-order valence-electron chi connectivity index (χ2n) is 4.86. The van der Waals surface area contributed by atoms with Gasteiger partial charge in [0.25, 0.3) is 0 Å². The van der Waals surface area contributed by atoms with Gasteiger partial charge in [0.15, 0.2) is 0 Å². The summed E-state index contributed by atoms with van der Waals surface area (Å²) in [6.45, 7) is 10.9. The summed E-state index contributed by atoms with van der Waals surface area (Å²) in [6.07, 6.45) is 0.515. The highest BCUT2D eigenvalue weighted by molar-refractivity contribution is 5.69. The van der Waals surface area contributed by atoms with Gasteiger partial charge in [-0.2, -0.15) is 0 Å². The van der Waals surface area contributed by atoms with Crippen LogP contribution in [0, 0.1) is 5.92 Å². The van der Waals surface area contributed by atoms with Gasteiger partial charge in [0.1, 0.15) is 0 Å². The first-order valence-electron chi connectivity index (χ1n) is 6.13. The Morgan fingerprint density at radius 2 is 1.75 bits per heavy atom. The monoisotopic (exact) mass is 228 g/mol. The van der Waals surface area contributed by atoms with E-state index in [4.69, 9.17) is 0 Å². The highest BCUT2D eigenvalue weighted by atomic mass is 16.5. The largest absolute Gasteiger partial charge is 0.469 e. The summed E-state index contributed by atoms with van der Waals surface area (Å²) in [6, 6.07) is 0. The molecule has 0 radical (unpaired) electrons. The molecule has 0 saturated carbocycles. The molecule has 1 fully saturated rings. The molecule has 0 aliphatic carbocycles. The average molecular weight is 228 g/mol. The van der Waals surface area contributed by atoms with Crippen LogP contribution < -0.4 is 0 Å². The van der Waals surface area contributed by atoms with Gasteiger partial charge in [-0.3, -0.25) is 4.79 Å². The minimum Gasteiger partial charge on any atom is -0.469 e. The maximum Gasteiger partial charge on any atom is 0.306 e. The van der Waals surface area contributed by atoms with E-state index in [0.29, 0.717) is 6.42 Å². The van der Waals surface area contributed by atoms with Crippen molar-refractivity contribution in [3.8, 4) is 0 Å². The number of piperazine rings is 1. The molecular formula is C12H24N2O2. The molecule has 1 heterocycles. The van der Waals surface area contributed by atoms with Gasteiger partial charge in [0.05, 0.1) is 13.5 Å². The Morgan fingerprint density at radius 1 is 1.19 bits per heavy atom. The predicted octanol–water partition coefficient (Wildman–Crippen LogP) is 0.823. The number of ether oxygens (including phenoxy) is 1. The fraction of sp³-hybridized carbons (Fsp3) is 0.917. The van der Waals surface area contributed by atoms with Gasteiger partial charge in [-0.15, -0.1) is 0 Å². The molecule has 0 aromatic heterocycles. The molecule has 0 unspecified atom stereocenters. The molecule has 1 saturated heterocycles. The lowest BCUT2D eigenvalue weighted by molar-refractivity contribution is -0.141. The lowest BCUT2D eigenvalue weighted by atomic mass is 10.2. The minimum absolute atomic E-state index is 0.107. The van der Waals surface area contributed by atoms with Gasteiger partial charge in [-0.05, 0) is 5.92 Å². The second kappa shape index (κ2) is 6.86. The molecule has 4 nitrogen and oxygen atoms in total. The van der Waals surface area contributed by atoms with Crippen molar-refractivity contribution in [2.75, 3.05) is 46.4 Å². The number of methoxy groups -OCH3 is 1. The highest BCUT2D eigenvalue weighted by Crippen LogP contribution is 2.05. The Morgan fingerprint density at radius 3 is 2.25 bits per heavy atom. The number of esters is 1. The number of hydrogen-bond donors (Lipinski definition) is 0. The maximum absolute atomic E-state index is 11.0. The molecule has 94 valence electrons. The SMILES string of the molecule is COC(=O)CCN1CCN(CC(C)C)CC1. The van der Waals surface area contributed by atoms with E-state index in [9.17, 15) is 4.79 Å². The molecule has 1 aliphatic heterocycles. The van der Waals surface area contributed by atoms with Crippen molar-refractivity contribution >= 4 is 5.97 Å². The van der Waals surface area contributed by atoms with E-state index in [1.54, 1.807) is 0 Å². The zero-order valence-electron chi connectivity index (χ0n) is 10.7. The number of carbonyl (C=O) groups is 1. The fourth-order valence-electron chi connectivity index (χ4n) is 2.06.